The molecular weight excluding hydrogens is 220 g/mol. The molecule has 0 aliphatic heterocycles. The quantitative estimate of drug-likeness (QED) is 0.801. The SMILES string of the molecule is CCOC(c1nc(=S)cc(CC)[nH]1)C(C)C. The average Bonchev–Trinajstić information content (AvgIpc) is 2.24. The van der Waals surface area contributed by atoms with E-state index in [0.717, 1.165) is 17.9 Å². The first kappa shape index (κ1) is 13.3. The molecule has 0 radical (unpaired) electrons. The summed E-state index contributed by atoms with van der Waals surface area (Å²) < 4.78 is 6.34. The van der Waals surface area contributed by atoms with Gasteiger partial charge in [-0.15, -0.1) is 0 Å². The minimum Gasteiger partial charge on any atom is -0.370 e. The summed E-state index contributed by atoms with van der Waals surface area (Å²) in [7, 11) is 0. The number of aromatic nitrogens is 2. The molecule has 90 valence electrons. The molecule has 0 aliphatic carbocycles. The van der Waals surface area contributed by atoms with E-state index in [-0.39, 0.29) is 6.10 Å². The van der Waals surface area contributed by atoms with Gasteiger partial charge in [-0.2, -0.15) is 0 Å². The third-order valence-corrected chi connectivity index (χ3v) is 2.63. The van der Waals surface area contributed by atoms with Crippen LogP contribution in [0.5, 0.6) is 0 Å². The number of H-pyrrole nitrogens is 1. The van der Waals surface area contributed by atoms with Crippen molar-refractivity contribution in [2.45, 2.75) is 40.2 Å². The lowest BCUT2D eigenvalue weighted by molar-refractivity contribution is 0.0230. The maximum Gasteiger partial charge on any atom is 0.137 e. The minimum absolute atomic E-state index is 0.00167. The molecule has 1 heterocycles. The van der Waals surface area contributed by atoms with Crippen molar-refractivity contribution in [3.05, 3.63) is 22.2 Å². The highest BCUT2D eigenvalue weighted by atomic mass is 32.1. The van der Waals surface area contributed by atoms with Crippen molar-refractivity contribution in [3.63, 3.8) is 0 Å². The zero-order chi connectivity index (χ0) is 12.1. The second-order valence-electron chi connectivity index (χ2n) is 4.10. The Hall–Kier alpha value is -0.740. The molecule has 0 saturated heterocycles. The molecule has 0 aromatic carbocycles. The maximum absolute atomic E-state index is 5.70. The number of nitrogens with one attached hydrogen (secondary N) is 1. The Morgan fingerprint density at radius 1 is 1.44 bits per heavy atom. The first-order valence-electron chi connectivity index (χ1n) is 5.80. The van der Waals surface area contributed by atoms with E-state index in [4.69, 9.17) is 17.0 Å². The molecule has 0 bridgehead atoms. The zero-order valence-corrected chi connectivity index (χ0v) is 11.2. The molecule has 0 aliphatic rings. The first-order chi connectivity index (χ1) is 7.58. The van der Waals surface area contributed by atoms with Gasteiger partial charge in [0, 0.05) is 12.3 Å². The van der Waals surface area contributed by atoms with Crippen LogP contribution in [0.1, 0.15) is 45.3 Å². The van der Waals surface area contributed by atoms with Gasteiger partial charge in [-0.1, -0.05) is 33.0 Å². The molecule has 0 spiro atoms. The highest BCUT2D eigenvalue weighted by Crippen LogP contribution is 2.22. The molecule has 16 heavy (non-hydrogen) atoms. The van der Waals surface area contributed by atoms with Crippen LogP contribution in [-0.2, 0) is 11.2 Å². The Kier molecular flexibility index (Phi) is 5.09. The van der Waals surface area contributed by atoms with Gasteiger partial charge in [0.25, 0.3) is 0 Å². The van der Waals surface area contributed by atoms with E-state index in [1.807, 2.05) is 13.0 Å². The molecule has 0 amide bonds. The van der Waals surface area contributed by atoms with Gasteiger partial charge in [0.05, 0.1) is 0 Å². The van der Waals surface area contributed by atoms with Gasteiger partial charge in [0.1, 0.15) is 16.6 Å². The van der Waals surface area contributed by atoms with Crippen molar-refractivity contribution >= 4 is 12.2 Å². The average molecular weight is 240 g/mol. The molecule has 1 N–H and O–H groups in total. The van der Waals surface area contributed by atoms with Crippen LogP contribution in [0.15, 0.2) is 6.07 Å². The molecule has 1 aromatic rings. The third-order valence-electron chi connectivity index (χ3n) is 2.42. The maximum atomic E-state index is 5.70. The summed E-state index contributed by atoms with van der Waals surface area (Å²) in [5, 5.41) is 0. The van der Waals surface area contributed by atoms with Crippen LogP contribution in [0.3, 0.4) is 0 Å². The van der Waals surface area contributed by atoms with Crippen molar-refractivity contribution in [2.75, 3.05) is 6.61 Å². The summed E-state index contributed by atoms with van der Waals surface area (Å²) in [6.45, 7) is 9.01. The molecule has 1 aromatic heterocycles. The smallest absolute Gasteiger partial charge is 0.137 e. The predicted octanol–water partition coefficient (Wildman–Crippen LogP) is 3.44. The summed E-state index contributed by atoms with van der Waals surface area (Å²) in [6.07, 6.45) is 0.925. The number of rotatable bonds is 5. The Balaban J connectivity index is 3.08. The highest BCUT2D eigenvalue weighted by molar-refractivity contribution is 7.71. The number of nitrogens with zero attached hydrogens (tertiary/aromatic N) is 1. The fourth-order valence-electron chi connectivity index (χ4n) is 1.62. The van der Waals surface area contributed by atoms with Gasteiger partial charge in [0.15, 0.2) is 0 Å². The van der Waals surface area contributed by atoms with E-state index in [1.54, 1.807) is 0 Å². The summed E-state index contributed by atoms with van der Waals surface area (Å²) in [5.74, 6) is 1.23. The second-order valence-corrected chi connectivity index (χ2v) is 4.52. The molecule has 1 atom stereocenters. The zero-order valence-electron chi connectivity index (χ0n) is 10.4. The van der Waals surface area contributed by atoms with Gasteiger partial charge < -0.3 is 9.72 Å². The van der Waals surface area contributed by atoms with Crippen molar-refractivity contribution in [1.82, 2.24) is 9.97 Å². The van der Waals surface area contributed by atoms with Crippen LogP contribution < -0.4 is 0 Å². The minimum atomic E-state index is -0.00167. The topological polar surface area (TPSA) is 37.9 Å². The van der Waals surface area contributed by atoms with E-state index >= 15 is 0 Å². The van der Waals surface area contributed by atoms with Gasteiger partial charge >= 0.3 is 0 Å². The fraction of sp³-hybridized carbons (Fsp3) is 0.667. The van der Waals surface area contributed by atoms with E-state index in [1.165, 1.54) is 0 Å². The number of hydrogen-bond acceptors (Lipinski definition) is 3. The largest absolute Gasteiger partial charge is 0.370 e. The molecule has 1 rings (SSSR count). The third kappa shape index (κ3) is 3.39. The number of ether oxygens (including phenoxy) is 1. The summed E-state index contributed by atoms with van der Waals surface area (Å²) in [5.41, 5.74) is 1.11. The standard InChI is InChI=1S/C12H20N2OS/c1-5-9-7-10(16)14-12(13-9)11(8(3)4)15-6-2/h7-8,11H,5-6H2,1-4H3,(H,13,14,16). The van der Waals surface area contributed by atoms with Crippen LogP contribution in [0, 0.1) is 10.6 Å². The normalized spacial score (nSPS) is 13.1. The Labute approximate surface area is 102 Å². The van der Waals surface area contributed by atoms with Crippen LogP contribution in [0.4, 0.5) is 0 Å². The first-order valence-corrected chi connectivity index (χ1v) is 6.21. The number of hydrogen-bond donors (Lipinski definition) is 1. The lowest BCUT2D eigenvalue weighted by Gasteiger charge is -2.20. The van der Waals surface area contributed by atoms with E-state index in [2.05, 4.69) is 30.7 Å². The van der Waals surface area contributed by atoms with Crippen LogP contribution in [0.2, 0.25) is 0 Å². The van der Waals surface area contributed by atoms with Gasteiger partial charge in [-0.05, 0) is 25.3 Å². The van der Waals surface area contributed by atoms with Crippen LogP contribution in [0.25, 0.3) is 0 Å². The van der Waals surface area contributed by atoms with Crippen molar-refractivity contribution < 1.29 is 4.74 Å². The predicted molar refractivity (Wildman–Crippen MR) is 68.0 cm³/mol. The lowest BCUT2D eigenvalue weighted by Crippen LogP contribution is -2.15. The second kappa shape index (κ2) is 6.11. The van der Waals surface area contributed by atoms with Crippen LogP contribution in [-0.4, -0.2) is 16.6 Å². The van der Waals surface area contributed by atoms with Crippen molar-refractivity contribution in [2.24, 2.45) is 5.92 Å². The molecule has 4 heteroatoms. The van der Waals surface area contributed by atoms with Crippen molar-refractivity contribution in [3.8, 4) is 0 Å². The Morgan fingerprint density at radius 3 is 2.62 bits per heavy atom. The van der Waals surface area contributed by atoms with Gasteiger partial charge in [0.2, 0.25) is 0 Å². The summed E-state index contributed by atoms with van der Waals surface area (Å²) >= 11 is 5.16. The monoisotopic (exact) mass is 240 g/mol. The number of aromatic amines is 1. The van der Waals surface area contributed by atoms with Crippen LogP contribution >= 0.6 is 12.2 Å². The summed E-state index contributed by atoms with van der Waals surface area (Å²) in [6, 6.07) is 1.90. The van der Waals surface area contributed by atoms with Gasteiger partial charge in [-0.25, -0.2) is 4.98 Å². The Bertz CT molecular complexity index is 387. The molecular formula is C12H20N2OS. The summed E-state index contributed by atoms with van der Waals surface area (Å²) in [4.78, 5) is 7.65. The Morgan fingerprint density at radius 2 is 2.12 bits per heavy atom. The molecule has 0 saturated carbocycles. The lowest BCUT2D eigenvalue weighted by atomic mass is 10.1. The van der Waals surface area contributed by atoms with E-state index in [0.29, 0.717) is 17.2 Å². The number of aryl methyl sites for hydroxylation is 1. The van der Waals surface area contributed by atoms with Crippen molar-refractivity contribution in [1.29, 1.82) is 0 Å². The molecule has 1 unspecified atom stereocenters. The van der Waals surface area contributed by atoms with E-state index < -0.39 is 0 Å². The fourth-order valence-corrected chi connectivity index (χ4v) is 1.86. The van der Waals surface area contributed by atoms with Gasteiger partial charge in [-0.3, -0.25) is 0 Å². The highest BCUT2D eigenvalue weighted by Gasteiger charge is 2.18. The van der Waals surface area contributed by atoms with E-state index in [9.17, 15) is 0 Å². The molecule has 0 fully saturated rings. The molecule has 3 nitrogen and oxygen atoms in total.